The first-order valence-electron chi connectivity index (χ1n) is 4.20. The summed E-state index contributed by atoms with van der Waals surface area (Å²) in [5.74, 6) is 0. The minimum absolute atomic E-state index is 0.232. The van der Waals surface area contributed by atoms with Crippen molar-refractivity contribution in [2.45, 2.75) is 6.17 Å². The van der Waals surface area contributed by atoms with Crippen LogP contribution in [0.2, 0.25) is 0 Å². The highest BCUT2D eigenvalue weighted by molar-refractivity contribution is 5.70. The quantitative estimate of drug-likeness (QED) is 0.656. The van der Waals surface area contributed by atoms with E-state index in [1.165, 1.54) is 6.08 Å². The predicted molar refractivity (Wildman–Crippen MR) is 52.3 cm³/mol. The summed E-state index contributed by atoms with van der Waals surface area (Å²) in [6.07, 6.45) is 8.73. The first kappa shape index (κ1) is 9.77. The molecule has 0 aromatic rings. The van der Waals surface area contributed by atoms with E-state index in [0.717, 1.165) is 0 Å². The smallest absolute Gasteiger partial charge is 0.118 e. The van der Waals surface area contributed by atoms with Crippen LogP contribution in [0.25, 0.3) is 0 Å². The van der Waals surface area contributed by atoms with Gasteiger partial charge in [-0.1, -0.05) is 6.08 Å². The molecule has 13 heavy (non-hydrogen) atoms. The second-order valence-corrected chi connectivity index (χ2v) is 2.76. The molecule has 1 N–H and O–H groups in total. The summed E-state index contributed by atoms with van der Waals surface area (Å²) in [6.45, 7) is 0.231. The molecule has 0 aromatic heterocycles. The Bertz CT molecular complexity index is 223. The van der Waals surface area contributed by atoms with Gasteiger partial charge in [0.25, 0.3) is 0 Å². The molecule has 1 heterocycles. The Balaban J connectivity index is 2.19. The Morgan fingerprint density at radius 3 is 3.15 bits per heavy atom. The zero-order valence-electron chi connectivity index (χ0n) is 7.65. The van der Waals surface area contributed by atoms with E-state index in [9.17, 15) is 4.39 Å². The van der Waals surface area contributed by atoms with Crippen molar-refractivity contribution in [2.75, 3.05) is 20.3 Å². The molecule has 3 nitrogen and oxygen atoms in total. The van der Waals surface area contributed by atoms with Crippen LogP contribution in [0.1, 0.15) is 0 Å². The number of likely N-dealkylation sites (N-methyl/N-ethyl adjacent to an activating group) is 1. The molecule has 1 aliphatic heterocycles. The zero-order valence-corrected chi connectivity index (χ0v) is 7.65. The van der Waals surface area contributed by atoms with E-state index in [2.05, 4.69) is 10.3 Å². The minimum Gasteiger partial charge on any atom is -0.369 e. The number of nitrogens with one attached hydrogen (secondary N) is 1. The summed E-state index contributed by atoms with van der Waals surface area (Å²) >= 11 is 0. The molecule has 0 radical (unpaired) electrons. The number of nitrogens with zero attached hydrogens (tertiary/aromatic N) is 2. The molecule has 72 valence electrons. The van der Waals surface area contributed by atoms with Crippen LogP contribution in [0.4, 0.5) is 4.39 Å². The number of halogens is 1. The Morgan fingerprint density at radius 1 is 1.69 bits per heavy atom. The summed E-state index contributed by atoms with van der Waals surface area (Å²) in [7, 11) is 1.98. The van der Waals surface area contributed by atoms with Crippen LogP contribution in [-0.4, -0.2) is 37.5 Å². The normalized spacial score (nSPS) is 22.0. The van der Waals surface area contributed by atoms with Crippen molar-refractivity contribution in [3.05, 3.63) is 24.6 Å². The fraction of sp³-hybridized carbons (Fsp3) is 0.444. The lowest BCUT2D eigenvalue weighted by molar-refractivity contribution is 0.339. The van der Waals surface area contributed by atoms with E-state index in [1.807, 2.05) is 24.3 Å². The van der Waals surface area contributed by atoms with Gasteiger partial charge in [-0.05, 0) is 6.08 Å². The van der Waals surface area contributed by atoms with Crippen LogP contribution >= 0.6 is 0 Å². The minimum atomic E-state index is -0.435. The average Bonchev–Trinajstić information content (AvgIpc) is 2.52. The van der Waals surface area contributed by atoms with Crippen LogP contribution in [0.5, 0.6) is 0 Å². The van der Waals surface area contributed by atoms with Gasteiger partial charge in [0.2, 0.25) is 0 Å². The summed E-state index contributed by atoms with van der Waals surface area (Å²) in [5.41, 5.74) is 0. The maximum Gasteiger partial charge on any atom is 0.118 e. The highest BCUT2D eigenvalue weighted by Gasteiger charge is 2.12. The zero-order chi connectivity index (χ0) is 9.52. The van der Waals surface area contributed by atoms with Gasteiger partial charge in [0.15, 0.2) is 0 Å². The lowest BCUT2D eigenvalue weighted by Crippen LogP contribution is -2.35. The average molecular weight is 183 g/mol. The fourth-order valence-electron chi connectivity index (χ4n) is 1.01. The lowest BCUT2D eigenvalue weighted by Gasteiger charge is -2.18. The van der Waals surface area contributed by atoms with Crippen molar-refractivity contribution in [1.29, 1.82) is 0 Å². The Hall–Kier alpha value is -1.32. The van der Waals surface area contributed by atoms with E-state index in [1.54, 1.807) is 12.3 Å². The van der Waals surface area contributed by atoms with E-state index in [4.69, 9.17) is 0 Å². The van der Waals surface area contributed by atoms with Crippen molar-refractivity contribution in [2.24, 2.45) is 4.99 Å². The molecular weight excluding hydrogens is 169 g/mol. The lowest BCUT2D eigenvalue weighted by atomic mass is 10.4. The standard InChI is InChI=1S/C9H14FN3/c1-13-7-6-12-9(13)8-11-5-3-2-4-10/h2-3,5-7,9,12H,4,8H2,1H3/b3-2-,11-5?. The third kappa shape index (κ3) is 3.27. The molecule has 0 spiro atoms. The van der Waals surface area contributed by atoms with E-state index in [-0.39, 0.29) is 6.17 Å². The summed E-state index contributed by atoms with van der Waals surface area (Å²) < 4.78 is 11.6. The summed E-state index contributed by atoms with van der Waals surface area (Å²) in [4.78, 5) is 6.16. The van der Waals surface area contributed by atoms with Gasteiger partial charge >= 0.3 is 0 Å². The Kier molecular flexibility index (Phi) is 4.02. The molecule has 0 aromatic carbocycles. The summed E-state index contributed by atoms with van der Waals surface area (Å²) in [6, 6.07) is 0. The van der Waals surface area contributed by atoms with Gasteiger partial charge in [-0.25, -0.2) is 4.39 Å². The first-order chi connectivity index (χ1) is 6.34. The van der Waals surface area contributed by atoms with Crippen molar-refractivity contribution >= 4 is 6.21 Å². The van der Waals surface area contributed by atoms with Gasteiger partial charge in [-0.3, -0.25) is 4.99 Å². The third-order valence-electron chi connectivity index (χ3n) is 1.78. The molecule has 0 saturated heterocycles. The van der Waals surface area contributed by atoms with Crippen LogP contribution in [0.15, 0.2) is 29.5 Å². The van der Waals surface area contributed by atoms with Crippen LogP contribution in [-0.2, 0) is 0 Å². The molecule has 1 aliphatic rings. The molecule has 0 bridgehead atoms. The first-order valence-corrected chi connectivity index (χ1v) is 4.20. The van der Waals surface area contributed by atoms with Gasteiger partial charge in [0.05, 0.1) is 6.54 Å². The van der Waals surface area contributed by atoms with E-state index < -0.39 is 6.67 Å². The van der Waals surface area contributed by atoms with Gasteiger partial charge in [-0.2, -0.15) is 0 Å². The summed E-state index contributed by atoms with van der Waals surface area (Å²) in [5, 5.41) is 3.13. The molecule has 1 unspecified atom stereocenters. The Labute approximate surface area is 77.6 Å². The van der Waals surface area contributed by atoms with E-state index >= 15 is 0 Å². The van der Waals surface area contributed by atoms with Crippen molar-refractivity contribution < 1.29 is 4.39 Å². The third-order valence-corrected chi connectivity index (χ3v) is 1.78. The number of hydrogen-bond acceptors (Lipinski definition) is 3. The second-order valence-electron chi connectivity index (χ2n) is 2.76. The number of allylic oxidation sites excluding steroid dienone is 2. The second kappa shape index (κ2) is 5.35. The molecule has 0 amide bonds. The number of alkyl halides is 1. The molecule has 4 heteroatoms. The fourth-order valence-corrected chi connectivity index (χ4v) is 1.01. The molecule has 0 aliphatic carbocycles. The number of rotatable bonds is 4. The van der Waals surface area contributed by atoms with Crippen LogP contribution < -0.4 is 5.32 Å². The van der Waals surface area contributed by atoms with Crippen molar-refractivity contribution in [1.82, 2.24) is 10.2 Å². The van der Waals surface area contributed by atoms with E-state index in [0.29, 0.717) is 6.54 Å². The van der Waals surface area contributed by atoms with Crippen LogP contribution in [0.3, 0.4) is 0 Å². The highest BCUT2D eigenvalue weighted by atomic mass is 19.1. The molecule has 0 saturated carbocycles. The molecule has 1 rings (SSSR count). The van der Waals surface area contributed by atoms with Gasteiger partial charge < -0.3 is 10.2 Å². The predicted octanol–water partition coefficient (Wildman–Crippen LogP) is 0.915. The molecular formula is C9H14FN3. The number of hydrogen-bond donors (Lipinski definition) is 1. The molecule has 0 fully saturated rings. The SMILES string of the molecule is CN1C=CNC1CN=C/C=C\CF. The topological polar surface area (TPSA) is 27.6 Å². The Morgan fingerprint density at radius 2 is 2.54 bits per heavy atom. The monoisotopic (exact) mass is 183 g/mol. The molecule has 1 atom stereocenters. The van der Waals surface area contributed by atoms with Gasteiger partial charge in [-0.15, -0.1) is 0 Å². The highest BCUT2D eigenvalue weighted by Crippen LogP contribution is 2.00. The maximum absolute atomic E-state index is 11.6. The largest absolute Gasteiger partial charge is 0.369 e. The maximum atomic E-state index is 11.6. The van der Waals surface area contributed by atoms with Gasteiger partial charge in [0.1, 0.15) is 12.8 Å². The number of aliphatic imine (C=N–C) groups is 1. The van der Waals surface area contributed by atoms with Crippen molar-refractivity contribution in [3.8, 4) is 0 Å². The van der Waals surface area contributed by atoms with Gasteiger partial charge in [0, 0.05) is 25.7 Å². The van der Waals surface area contributed by atoms with Crippen LogP contribution in [0, 0.1) is 0 Å². The van der Waals surface area contributed by atoms with Crippen molar-refractivity contribution in [3.63, 3.8) is 0 Å².